The molecule has 0 fully saturated rings. The highest BCUT2D eigenvalue weighted by molar-refractivity contribution is 5.97. The van der Waals surface area contributed by atoms with E-state index in [4.69, 9.17) is 4.52 Å². The second kappa shape index (κ2) is 8.42. The number of benzene rings is 2. The van der Waals surface area contributed by atoms with Crippen LogP contribution in [0.3, 0.4) is 0 Å². The molecule has 0 saturated heterocycles. The topological polar surface area (TPSA) is 123 Å². The second-order valence-corrected chi connectivity index (χ2v) is 7.04. The number of carboxylic acid groups (broad SMARTS) is 1. The first kappa shape index (κ1) is 20.9. The predicted molar refractivity (Wildman–Crippen MR) is 111 cm³/mol. The molecule has 162 valence electrons. The van der Waals surface area contributed by atoms with E-state index in [1.165, 1.54) is 29.1 Å². The molecule has 10 heteroatoms. The minimum atomic E-state index is -1.28. The van der Waals surface area contributed by atoms with Gasteiger partial charge in [-0.2, -0.15) is 9.90 Å². The third-order valence-corrected chi connectivity index (χ3v) is 4.78. The molecule has 0 aliphatic rings. The highest BCUT2D eigenvalue weighted by Crippen LogP contribution is 2.29. The van der Waals surface area contributed by atoms with Gasteiger partial charge in [-0.3, -0.25) is 4.79 Å². The number of rotatable bonds is 6. The number of hydrogen-bond donors (Lipinski definition) is 2. The lowest BCUT2D eigenvalue weighted by Crippen LogP contribution is -2.28. The third-order valence-electron chi connectivity index (χ3n) is 4.78. The number of para-hydroxylation sites is 1. The van der Waals surface area contributed by atoms with E-state index >= 15 is 0 Å². The number of nitrogens with zero attached hydrogens (tertiary/aromatic N) is 4. The second-order valence-electron chi connectivity index (χ2n) is 7.04. The zero-order valence-corrected chi connectivity index (χ0v) is 17.1. The lowest BCUT2D eigenvalue weighted by atomic mass is 10.0. The SMILES string of the molecule is Cc1nn(-c2ccccc2)nc1C(=O)NC(C)c1onc(-c2ccc(F)cc2)c1C(=O)O. The summed E-state index contributed by atoms with van der Waals surface area (Å²) in [4.78, 5) is 26.1. The van der Waals surface area contributed by atoms with Gasteiger partial charge in [0.1, 0.15) is 17.1 Å². The van der Waals surface area contributed by atoms with E-state index in [1.54, 1.807) is 26.0 Å². The molecule has 0 bridgehead atoms. The van der Waals surface area contributed by atoms with Gasteiger partial charge in [-0.25, -0.2) is 9.18 Å². The van der Waals surface area contributed by atoms with Crippen LogP contribution in [0.4, 0.5) is 4.39 Å². The van der Waals surface area contributed by atoms with Crippen LogP contribution < -0.4 is 5.32 Å². The number of aromatic nitrogens is 4. The van der Waals surface area contributed by atoms with Crippen LogP contribution in [0.5, 0.6) is 0 Å². The van der Waals surface area contributed by atoms with E-state index in [1.807, 2.05) is 18.2 Å². The van der Waals surface area contributed by atoms with Crippen LogP contribution >= 0.6 is 0 Å². The predicted octanol–water partition coefficient (Wildman–Crippen LogP) is 3.56. The van der Waals surface area contributed by atoms with E-state index in [9.17, 15) is 19.1 Å². The number of hydrogen-bond acceptors (Lipinski definition) is 6. The molecule has 2 heterocycles. The summed E-state index contributed by atoms with van der Waals surface area (Å²) >= 11 is 0. The fourth-order valence-corrected chi connectivity index (χ4v) is 3.21. The van der Waals surface area contributed by atoms with Crippen LogP contribution in [0, 0.1) is 12.7 Å². The molecule has 0 spiro atoms. The molecule has 4 rings (SSSR count). The Morgan fingerprint density at radius 3 is 2.44 bits per heavy atom. The summed E-state index contributed by atoms with van der Waals surface area (Å²) in [5.74, 6) is -2.34. The maximum atomic E-state index is 13.2. The van der Waals surface area contributed by atoms with E-state index in [2.05, 4.69) is 20.7 Å². The monoisotopic (exact) mass is 435 g/mol. The van der Waals surface area contributed by atoms with Crippen molar-refractivity contribution >= 4 is 11.9 Å². The summed E-state index contributed by atoms with van der Waals surface area (Å²) < 4.78 is 18.5. The highest BCUT2D eigenvalue weighted by Gasteiger charge is 2.29. The van der Waals surface area contributed by atoms with Crippen molar-refractivity contribution in [2.45, 2.75) is 19.9 Å². The number of carboxylic acids is 1. The minimum Gasteiger partial charge on any atom is -0.477 e. The molecule has 2 aromatic heterocycles. The van der Waals surface area contributed by atoms with Crippen molar-refractivity contribution < 1.29 is 23.6 Å². The summed E-state index contributed by atoms with van der Waals surface area (Å²) in [5.41, 5.74) is 1.39. The van der Waals surface area contributed by atoms with Crippen LogP contribution in [0.1, 0.15) is 45.3 Å². The van der Waals surface area contributed by atoms with Gasteiger partial charge in [0.05, 0.1) is 17.4 Å². The fraction of sp³-hybridized carbons (Fsp3) is 0.136. The lowest BCUT2D eigenvalue weighted by molar-refractivity contribution is 0.0692. The molecule has 0 saturated carbocycles. The third kappa shape index (κ3) is 3.97. The van der Waals surface area contributed by atoms with Gasteiger partial charge < -0.3 is 14.9 Å². The smallest absolute Gasteiger partial charge is 0.341 e. The van der Waals surface area contributed by atoms with Crippen LogP contribution in [-0.2, 0) is 0 Å². The molecule has 0 aliphatic carbocycles. The van der Waals surface area contributed by atoms with Crippen molar-refractivity contribution in [2.75, 3.05) is 0 Å². The summed E-state index contributed by atoms with van der Waals surface area (Å²) in [6, 6.07) is 13.5. The van der Waals surface area contributed by atoms with E-state index in [-0.39, 0.29) is 22.7 Å². The molecule has 0 radical (unpaired) electrons. The molecule has 2 N–H and O–H groups in total. The van der Waals surface area contributed by atoms with Gasteiger partial charge in [0, 0.05) is 5.56 Å². The van der Waals surface area contributed by atoms with Crippen molar-refractivity contribution in [2.24, 2.45) is 0 Å². The summed E-state index contributed by atoms with van der Waals surface area (Å²) in [6.45, 7) is 3.21. The number of nitrogens with one attached hydrogen (secondary N) is 1. The van der Waals surface area contributed by atoms with Gasteiger partial charge in [0.15, 0.2) is 11.5 Å². The molecule has 1 atom stereocenters. The van der Waals surface area contributed by atoms with Crippen molar-refractivity contribution in [3.05, 3.63) is 83.1 Å². The Hall–Kier alpha value is -4.34. The first-order chi connectivity index (χ1) is 15.3. The molecule has 1 unspecified atom stereocenters. The highest BCUT2D eigenvalue weighted by atomic mass is 19.1. The Labute approximate surface area is 181 Å². The average molecular weight is 435 g/mol. The number of aryl methyl sites for hydroxylation is 1. The molecule has 32 heavy (non-hydrogen) atoms. The Kier molecular flexibility index (Phi) is 5.50. The van der Waals surface area contributed by atoms with Crippen molar-refractivity contribution in [1.29, 1.82) is 0 Å². The fourth-order valence-electron chi connectivity index (χ4n) is 3.21. The van der Waals surface area contributed by atoms with Crippen LogP contribution in [-0.4, -0.2) is 37.1 Å². The molecule has 1 amide bonds. The number of carbonyl (C=O) groups is 2. The average Bonchev–Trinajstić information content (AvgIpc) is 3.39. The minimum absolute atomic E-state index is 0.0415. The zero-order valence-electron chi connectivity index (χ0n) is 17.1. The Morgan fingerprint density at radius 1 is 1.09 bits per heavy atom. The molecule has 2 aromatic carbocycles. The van der Waals surface area contributed by atoms with E-state index in [0.29, 0.717) is 16.9 Å². The van der Waals surface area contributed by atoms with Gasteiger partial charge in [0.2, 0.25) is 0 Å². The van der Waals surface area contributed by atoms with Crippen LogP contribution in [0.2, 0.25) is 0 Å². The zero-order chi connectivity index (χ0) is 22.8. The van der Waals surface area contributed by atoms with Gasteiger partial charge in [-0.1, -0.05) is 23.4 Å². The van der Waals surface area contributed by atoms with Gasteiger partial charge in [0.25, 0.3) is 5.91 Å². The van der Waals surface area contributed by atoms with Crippen molar-refractivity contribution in [3.63, 3.8) is 0 Å². The summed E-state index contributed by atoms with van der Waals surface area (Å²) in [6.07, 6.45) is 0. The molecule has 4 aromatic rings. The number of carbonyl (C=O) groups excluding carboxylic acids is 1. The number of amides is 1. The van der Waals surface area contributed by atoms with Gasteiger partial charge in [-0.05, 0) is 50.2 Å². The molecular weight excluding hydrogens is 417 g/mol. The van der Waals surface area contributed by atoms with E-state index < -0.39 is 23.7 Å². The maximum absolute atomic E-state index is 13.2. The Morgan fingerprint density at radius 2 is 1.78 bits per heavy atom. The van der Waals surface area contributed by atoms with Crippen LogP contribution in [0.15, 0.2) is 59.1 Å². The van der Waals surface area contributed by atoms with Gasteiger partial charge >= 0.3 is 5.97 Å². The summed E-state index contributed by atoms with van der Waals surface area (Å²) in [7, 11) is 0. The van der Waals surface area contributed by atoms with Crippen LogP contribution in [0.25, 0.3) is 16.9 Å². The Balaban J connectivity index is 1.60. The first-order valence-corrected chi connectivity index (χ1v) is 9.64. The number of aromatic carboxylic acids is 1. The summed E-state index contributed by atoms with van der Waals surface area (Å²) in [5, 5.41) is 24.7. The standard InChI is InChI=1S/C22H18FN5O4/c1-12-18(26-28(25-12)16-6-4-3-5-7-16)21(29)24-13(2)20-17(22(30)31)19(27-32-20)14-8-10-15(23)11-9-14/h3-11,13H,1-2H3,(H,24,29)(H,30,31). The molecular formula is C22H18FN5O4. The normalized spacial score (nSPS) is 11.8. The van der Waals surface area contributed by atoms with Crippen molar-refractivity contribution in [3.8, 4) is 16.9 Å². The van der Waals surface area contributed by atoms with Crippen molar-refractivity contribution in [1.82, 2.24) is 25.5 Å². The molecule has 9 nitrogen and oxygen atoms in total. The first-order valence-electron chi connectivity index (χ1n) is 9.64. The number of halogens is 1. The molecule has 0 aliphatic heterocycles. The van der Waals surface area contributed by atoms with Gasteiger partial charge in [-0.15, -0.1) is 5.10 Å². The largest absolute Gasteiger partial charge is 0.477 e. The quantitative estimate of drug-likeness (QED) is 0.475. The maximum Gasteiger partial charge on any atom is 0.341 e. The Bertz CT molecular complexity index is 1280. The van der Waals surface area contributed by atoms with E-state index in [0.717, 1.165) is 0 Å². The lowest BCUT2D eigenvalue weighted by Gasteiger charge is -2.11.